The highest BCUT2D eigenvalue weighted by Gasteiger charge is 2.22. The van der Waals surface area contributed by atoms with Crippen LogP contribution in [0.3, 0.4) is 0 Å². The second-order valence-electron chi connectivity index (χ2n) is 7.11. The maximum atomic E-state index is 13.2. The molecule has 0 atom stereocenters. The summed E-state index contributed by atoms with van der Waals surface area (Å²) in [5, 5.41) is 25.5. The van der Waals surface area contributed by atoms with Gasteiger partial charge in [0, 0.05) is 17.0 Å². The predicted octanol–water partition coefficient (Wildman–Crippen LogP) is 5.28. The third-order valence-electron chi connectivity index (χ3n) is 4.95. The Labute approximate surface area is 181 Å². The van der Waals surface area contributed by atoms with E-state index >= 15 is 0 Å². The third-order valence-corrected chi connectivity index (χ3v) is 4.95. The van der Waals surface area contributed by atoms with Crippen molar-refractivity contribution in [3.8, 4) is 11.3 Å². The molecule has 3 aromatic carbocycles. The summed E-state index contributed by atoms with van der Waals surface area (Å²) < 4.78 is 0. The van der Waals surface area contributed by atoms with Gasteiger partial charge < -0.3 is 5.32 Å². The molecule has 1 aromatic heterocycles. The number of amides is 1. The van der Waals surface area contributed by atoms with E-state index in [0.29, 0.717) is 16.6 Å². The normalized spacial score (nSPS) is 10.7. The smallest absolute Gasteiger partial charge is 0.299 e. The van der Waals surface area contributed by atoms with Gasteiger partial charge in [0.15, 0.2) is 0 Å². The first kappa shape index (κ1) is 20.6. The van der Waals surface area contributed by atoms with Crippen molar-refractivity contribution >= 4 is 33.9 Å². The quantitative estimate of drug-likeness (QED) is 0.340. The molecular formula is C23H16N4O5. The van der Waals surface area contributed by atoms with Gasteiger partial charge in [0.05, 0.1) is 32.7 Å². The average Bonchev–Trinajstić information content (AvgIpc) is 2.78. The third kappa shape index (κ3) is 3.99. The molecule has 0 aliphatic heterocycles. The lowest BCUT2D eigenvalue weighted by Crippen LogP contribution is -2.14. The Morgan fingerprint density at radius 2 is 1.62 bits per heavy atom. The fraction of sp³-hybridized carbons (Fsp3) is 0.0435. The van der Waals surface area contributed by atoms with E-state index in [2.05, 4.69) is 10.3 Å². The van der Waals surface area contributed by atoms with Crippen LogP contribution in [-0.4, -0.2) is 20.7 Å². The molecule has 1 N–H and O–H groups in total. The van der Waals surface area contributed by atoms with E-state index in [-0.39, 0.29) is 11.3 Å². The van der Waals surface area contributed by atoms with E-state index in [9.17, 15) is 25.0 Å². The number of para-hydroxylation sites is 1. The van der Waals surface area contributed by atoms with E-state index in [0.717, 1.165) is 29.3 Å². The number of aromatic nitrogens is 1. The molecule has 0 spiro atoms. The lowest BCUT2D eigenvalue weighted by Gasteiger charge is -2.11. The van der Waals surface area contributed by atoms with Gasteiger partial charge >= 0.3 is 0 Å². The number of benzene rings is 3. The van der Waals surface area contributed by atoms with E-state index in [4.69, 9.17) is 0 Å². The van der Waals surface area contributed by atoms with Crippen LogP contribution in [0.4, 0.5) is 17.1 Å². The number of anilines is 1. The summed E-state index contributed by atoms with van der Waals surface area (Å²) in [4.78, 5) is 38.7. The van der Waals surface area contributed by atoms with Crippen molar-refractivity contribution in [3.63, 3.8) is 0 Å². The molecule has 0 aliphatic rings. The number of nitro benzene ring substituents is 2. The second kappa shape index (κ2) is 8.23. The van der Waals surface area contributed by atoms with Gasteiger partial charge in [0.25, 0.3) is 17.3 Å². The molecule has 1 amide bonds. The van der Waals surface area contributed by atoms with Crippen molar-refractivity contribution in [2.75, 3.05) is 5.32 Å². The van der Waals surface area contributed by atoms with Crippen LogP contribution in [0.1, 0.15) is 15.9 Å². The van der Waals surface area contributed by atoms with E-state index in [1.807, 2.05) is 31.2 Å². The zero-order chi connectivity index (χ0) is 22.8. The number of rotatable bonds is 5. The fourth-order valence-electron chi connectivity index (χ4n) is 3.32. The molecule has 0 radical (unpaired) electrons. The lowest BCUT2D eigenvalue weighted by atomic mass is 10.0. The highest BCUT2D eigenvalue weighted by molar-refractivity contribution is 6.13. The minimum absolute atomic E-state index is 0.136. The predicted molar refractivity (Wildman–Crippen MR) is 120 cm³/mol. The molecular weight excluding hydrogens is 412 g/mol. The summed E-state index contributed by atoms with van der Waals surface area (Å²) in [7, 11) is 0. The number of non-ortho nitro benzene ring substituents is 1. The highest BCUT2D eigenvalue weighted by Crippen LogP contribution is 2.31. The van der Waals surface area contributed by atoms with Gasteiger partial charge in [0.2, 0.25) is 0 Å². The van der Waals surface area contributed by atoms with Crippen LogP contribution in [-0.2, 0) is 0 Å². The first-order valence-corrected chi connectivity index (χ1v) is 9.54. The number of pyridine rings is 1. The number of hydrogen-bond acceptors (Lipinski definition) is 6. The van der Waals surface area contributed by atoms with Gasteiger partial charge in [0.1, 0.15) is 5.69 Å². The molecule has 0 bridgehead atoms. The monoisotopic (exact) mass is 428 g/mol. The Hall–Kier alpha value is -4.66. The van der Waals surface area contributed by atoms with E-state index < -0.39 is 27.1 Å². The van der Waals surface area contributed by atoms with E-state index in [1.54, 1.807) is 30.3 Å². The van der Waals surface area contributed by atoms with Gasteiger partial charge in [-0.15, -0.1) is 0 Å². The SMILES string of the molecule is Cc1ccc(-c2cc(C(=O)Nc3ccc([N+](=O)[O-])cc3[N+](=O)[O-])c3ccccc3n2)cc1. The van der Waals surface area contributed by atoms with Gasteiger partial charge in [-0.05, 0) is 25.1 Å². The van der Waals surface area contributed by atoms with Crippen LogP contribution in [0.2, 0.25) is 0 Å². The summed E-state index contributed by atoms with van der Waals surface area (Å²) in [6, 6.07) is 19.4. The molecule has 158 valence electrons. The Morgan fingerprint density at radius 1 is 0.906 bits per heavy atom. The Morgan fingerprint density at radius 3 is 2.31 bits per heavy atom. The number of carbonyl (C=O) groups excluding carboxylic acids is 1. The first-order valence-electron chi connectivity index (χ1n) is 9.54. The topological polar surface area (TPSA) is 128 Å². The number of nitrogens with zero attached hydrogens (tertiary/aromatic N) is 3. The minimum atomic E-state index is -0.773. The number of nitrogens with one attached hydrogen (secondary N) is 1. The van der Waals surface area contributed by atoms with Gasteiger partial charge in [-0.25, -0.2) is 4.98 Å². The summed E-state index contributed by atoms with van der Waals surface area (Å²) in [5.41, 5.74) is 2.20. The van der Waals surface area contributed by atoms with Crippen LogP contribution in [0.25, 0.3) is 22.2 Å². The van der Waals surface area contributed by atoms with E-state index in [1.165, 1.54) is 0 Å². The van der Waals surface area contributed by atoms with Gasteiger partial charge in [-0.2, -0.15) is 0 Å². The Kier molecular flexibility index (Phi) is 5.30. The largest absolute Gasteiger partial charge is 0.316 e. The Bertz CT molecular complexity index is 1380. The molecule has 0 aliphatic carbocycles. The Balaban J connectivity index is 1.79. The zero-order valence-corrected chi connectivity index (χ0v) is 16.8. The van der Waals surface area contributed by atoms with Crippen LogP contribution >= 0.6 is 0 Å². The fourth-order valence-corrected chi connectivity index (χ4v) is 3.32. The second-order valence-corrected chi connectivity index (χ2v) is 7.11. The molecule has 4 aromatic rings. The molecule has 0 unspecified atom stereocenters. The molecule has 1 heterocycles. The summed E-state index contributed by atoms with van der Waals surface area (Å²) in [6.45, 7) is 1.97. The van der Waals surface area contributed by atoms with Crippen LogP contribution in [0.15, 0.2) is 72.8 Å². The zero-order valence-electron chi connectivity index (χ0n) is 16.8. The van der Waals surface area contributed by atoms with Crippen molar-refractivity contribution in [1.82, 2.24) is 4.98 Å². The van der Waals surface area contributed by atoms with Crippen molar-refractivity contribution in [3.05, 3.63) is 104 Å². The molecule has 0 saturated carbocycles. The average molecular weight is 428 g/mol. The maximum absolute atomic E-state index is 13.2. The number of aryl methyl sites for hydroxylation is 1. The van der Waals surface area contributed by atoms with Crippen molar-refractivity contribution in [2.24, 2.45) is 0 Å². The van der Waals surface area contributed by atoms with Crippen LogP contribution in [0.5, 0.6) is 0 Å². The number of nitro groups is 2. The maximum Gasteiger partial charge on any atom is 0.299 e. The number of carbonyl (C=O) groups is 1. The number of hydrogen-bond donors (Lipinski definition) is 1. The molecule has 9 nitrogen and oxygen atoms in total. The van der Waals surface area contributed by atoms with Gasteiger partial charge in [-0.3, -0.25) is 25.0 Å². The standard InChI is InChI=1S/C23H16N4O5/c1-14-6-8-15(9-7-14)21-13-18(17-4-2-3-5-19(17)24-21)23(28)25-20-11-10-16(26(29)30)12-22(20)27(31)32/h2-13H,1H3,(H,25,28). The minimum Gasteiger partial charge on any atom is -0.316 e. The molecule has 0 saturated heterocycles. The number of fused-ring (bicyclic) bond motifs is 1. The lowest BCUT2D eigenvalue weighted by molar-refractivity contribution is -0.393. The molecule has 4 rings (SSSR count). The van der Waals surface area contributed by atoms with Crippen LogP contribution < -0.4 is 5.32 Å². The van der Waals surface area contributed by atoms with Crippen LogP contribution in [0, 0.1) is 27.2 Å². The van der Waals surface area contributed by atoms with Gasteiger partial charge in [-0.1, -0.05) is 48.0 Å². The first-order chi connectivity index (χ1) is 15.3. The summed E-state index contributed by atoms with van der Waals surface area (Å²) in [5.74, 6) is -0.589. The molecule has 32 heavy (non-hydrogen) atoms. The highest BCUT2D eigenvalue weighted by atomic mass is 16.6. The summed E-state index contributed by atoms with van der Waals surface area (Å²) in [6.07, 6.45) is 0. The molecule has 9 heteroatoms. The molecule has 0 fully saturated rings. The van der Waals surface area contributed by atoms with Crippen molar-refractivity contribution in [2.45, 2.75) is 6.92 Å². The summed E-state index contributed by atoms with van der Waals surface area (Å²) >= 11 is 0. The van der Waals surface area contributed by atoms with Crippen molar-refractivity contribution in [1.29, 1.82) is 0 Å². The van der Waals surface area contributed by atoms with Crippen molar-refractivity contribution < 1.29 is 14.6 Å².